The van der Waals surface area contributed by atoms with Crippen LogP contribution in [0, 0.1) is 11.3 Å². The Labute approximate surface area is 114 Å². The van der Waals surface area contributed by atoms with E-state index in [9.17, 15) is 4.79 Å². The summed E-state index contributed by atoms with van der Waals surface area (Å²) in [6, 6.07) is 5.64. The molecular formula is C15H22N2O2. The van der Waals surface area contributed by atoms with Crippen LogP contribution in [0.3, 0.4) is 0 Å². The highest BCUT2D eigenvalue weighted by Gasteiger charge is 2.27. The number of anilines is 2. The summed E-state index contributed by atoms with van der Waals surface area (Å²) in [7, 11) is 1.64. The zero-order chi connectivity index (χ0) is 14.0. The van der Waals surface area contributed by atoms with Crippen LogP contribution in [-0.4, -0.2) is 19.6 Å². The SMILES string of the molecule is COc1ccc2c(c1)NCC(CC(C)(C)C)C(=O)N2. The average molecular weight is 262 g/mol. The number of nitrogens with one attached hydrogen (secondary N) is 2. The molecule has 1 heterocycles. The Kier molecular flexibility index (Phi) is 3.69. The summed E-state index contributed by atoms with van der Waals surface area (Å²) in [5.74, 6) is 0.861. The lowest BCUT2D eigenvalue weighted by Gasteiger charge is -2.23. The van der Waals surface area contributed by atoms with Crippen molar-refractivity contribution in [2.45, 2.75) is 27.2 Å². The van der Waals surface area contributed by atoms with E-state index >= 15 is 0 Å². The van der Waals surface area contributed by atoms with Gasteiger partial charge in [0.15, 0.2) is 0 Å². The van der Waals surface area contributed by atoms with Crippen molar-refractivity contribution in [1.82, 2.24) is 0 Å². The van der Waals surface area contributed by atoms with Crippen molar-refractivity contribution in [3.63, 3.8) is 0 Å². The van der Waals surface area contributed by atoms with Gasteiger partial charge in [0.25, 0.3) is 0 Å². The van der Waals surface area contributed by atoms with Gasteiger partial charge in [-0.05, 0) is 24.0 Å². The van der Waals surface area contributed by atoms with Crippen LogP contribution in [0.2, 0.25) is 0 Å². The molecule has 19 heavy (non-hydrogen) atoms. The molecule has 4 nitrogen and oxygen atoms in total. The van der Waals surface area contributed by atoms with Gasteiger partial charge in [-0.1, -0.05) is 20.8 Å². The number of carbonyl (C=O) groups excluding carboxylic acids is 1. The number of fused-ring (bicyclic) bond motifs is 1. The van der Waals surface area contributed by atoms with E-state index in [1.54, 1.807) is 7.11 Å². The molecule has 0 bridgehead atoms. The highest BCUT2D eigenvalue weighted by atomic mass is 16.5. The summed E-state index contributed by atoms with van der Waals surface area (Å²) in [5, 5.41) is 6.33. The first-order valence-electron chi connectivity index (χ1n) is 6.62. The Hall–Kier alpha value is -1.71. The van der Waals surface area contributed by atoms with Gasteiger partial charge in [-0.2, -0.15) is 0 Å². The lowest BCUT2D eigenvalue weighted by atomic mass is 9.84. The molecule has 0 radical (unpaired) electrons. The molecule has 0 saturated heterocycles. The number of methoxy groups -OCH3 is 1. The molecule has 0 saturated carbocycles. The molecule has 1 unspecified atom stereocenters. The highest BCUT2D eigenvalue weighted by molar-refractivity contribution is 5.97. The van der Waals surface area contributed by atoms with Gasteiger partial charge in [0.1, 0.15) is 5.75 Å². The Morgan fingerprint density at radius 3 is 2.68 bits per heavy atom. The molecule has 0 spiro atoms. The van der Waals surface area contributed by atoms with Crippen LogP contribution < -0.4 is 15.4 Å². The van der Waals surface area contributed by atoms with Gasteiger partial charge in [-0.25, -0.2) is 0 Å². The van der Waals surface area contributed by atoms with Gasteiger partial charge in [-0.3, -0.25) is 4.79 Å². The number of carbonyl (C=O) groups is 1. The summed E-state index contributed by atoms with van der Waals surface area (Å²) < 4.78 is 5.20. The van der Waals surface area contributed by atoms with Crippen molar-refractivity contribution < 1.29 is 9.53 Å². The van der Waals surface area contributed by atoms with Crippen molar-refractivity contribution >= 4 is 17.3 Å². The van der Waals surface area contributed by atoms with E-state index in [4.69, 9.17) is 4.74 Å². The van der Waals surface area contributed by atoms with E-state index < -0.39 is 0 Å². The summed E-state index contributed by atoms with van der Waals surface area (Å²) in [4.78, 5) is 12.2. The fraction of sp³-hybridized carbons (Fsp3) is 0.533. The van der Waals surface area contributed by atoms with E-state index in [1.807, 2.05) is 18.2 Å². The zero-order valence-corrected chi connectivity index (χ0v) is 12.0. The summed E-state index contributed by atoms with van der Waals surface area (Å²) in [6.07, 6.45) is 0.858. The predicted octanol–water partition coefficient (Wildman–Crippen LogP) is 3.11. The Bertz CT molecular complexity index is 478. The Balaban J connectivity index is 2.18. The van der Waals surface area contributed by atoms with Crippen molar-refractivity contribution in [2.24, 2.45) is 11.3 Å². The second kappa shape index (κ2) is 5.11. The maximum absolute atomic E-state index is 12.2. The summed E-state index contributed by atoms with van der Waals surface area (Å²) in [5.41, 5.74) is 1.88. The highest BCUT2D eigenvalue weighted by Crippen LogP contribution is 2.32. The maximum atomic E-state index is 12.2. The van der Waals surface area contributed by atoms with Crippen LogP contribution in [-0.2, 0) is 4.79 Å². The first kappa shape index (κ1) is 13.7. The van der Waals surface area contributed by atoms with Crippen molar-refractivity contribution in [3.05, 3.63) is 18.2 Å². The van der Waals surface area contributed by atoms with Crippen LogP contribution in [0.15, 0.2) is 18.2 Å². The fourth-order valence-corrected chi connectivity index (χ4v) is 2.37. The topological polar surface area (TPSA) is 50.4 Å². The van der Waals surface area contributed by atoms with Crippen molar-refractivity contribution in [3.8, 4) is 5.75 Å². The minimum atomic E-state index is -0.0154. The molecule has 104 valence electrons. The lowest BCUT2D eigenvalue weighted by molar-refractivity contribution is -0.120. The van der Waals surface area contributed by atoms with E-state index in [-0.39, 0.29) is 17.2 Å². The van der Waals surface area contributed by atoms with E-state index in [0.29, 0.717) is 6.54 Å². The average Bonchev–Trinajstić information content (AvgIpc) is 2.47. The number of rotatable bonds is 2. The van der Waals surface area contributed by atoms with Gasteiger partial charge in [0.2, 0.25) is 5.91 Å². The normalized spacial score (nSPS) is 18.9. The first-order valence-corrected chi connectivity index (χ1v) is 6.62. The van der Waals surface area contributed by atoms with Crippen LogP contribution in [0.1, 0.15) is 27.2 Å². The zero-order valence-electron chi connectivity index (χ0n) is 12.0. The molecular weight excluding hydrogens is 240 g/mol. The second-order valence-electron chi connectivity index (χ2n) is 6.24. The molecule has 0 aliphatic carbocycles. The van der Waals surface area contributed by atoms with Crippen molar-refractivity contribution in [2.75, 3.05) is 24.3 Å². The smallest absolute Gasteiger partial charge is 0.229 e. The number of ether oxygens (including phenoxy) is 1. The standard InChI is InChI=1S/C15H22N2O2/c1-15(2,3)8-10-9-16-13-7-11(19-4)5-6-12(13)17-14(10)18/h5-7,10,16H,8-9H2,1-4H3,(H,17,18). The Morgan fingerprint density at radius 1 is 1.32 bits per heavy atom. The van der Waals surface area contributed by atoms with Gasteiger partial charge >= 0.3 is 0 Å². The molecule has 0 fully saturated rings. The van der Waals surface area contributed by atoms with Gasteiger partial charge in [-0.15, -0.1) is 0 Å². The first-order chi connectivity index (χ1) is 8.89. The molecule has 4 heteroatoms. The third-order valence-electron chi connectivity index (χ3n) is 3.25. The van der Waals surface area contributed by atoms with Crippen LogP contribution >= 0.6 is 0 Å². The molecule has 1 aliphatic heterocycles. The van der Waals surface area contributed by atoms with Gasteiger partial charge < -0.3 is 15.4 Å². The summed E-state index contributed by atoms with van der Waals surface area (Å²) in [6.45, 7) is 7.12. The minimum Gasteiger partial charge on any atom is -0.497 e. The third kappa shape index (κ3) is 3.40. The van der Waals surface area contributed by atoms with Gasteiger partial charge in [0, 0.05) is 12.6 Å². The van der Waals surface area contributed by atoms with E-state index in [0.717, 1.165) is 23.5 Å². The number of hydrogen-bond donors (Lipinski definition) is 2. The third-order valence-corrected chi connectivity index (χ3v) is 3.25. The van der Waals surface area contributed by atoms with Gasteiger partial charge in [0.05, 0.1) is 24.4 Å². The second-order valence-corrected chi connectivity index (χ2v) is 6.24. The molecule has 1 aromatic carbocycles. The number of hydrogen-bond acceptors (Lipinski definition) is 3. The molecule has 1 amide bonds. The Morgan fingerprint density at radius 2 is 2.05 bits per heavy atom. The molecule has 0 aromatic heterocycles. The minimum absolute atomic E-state index is 0.0154. The number of benzene rings is 1. The molecule has 1 aromatic rings. The maximum Gasteiger partial charge on any atom is 0.229 e. The predicted molar refractivity (Wildman–Crippen MR) is 77.7 cm³/mol. The van der Waals surface area contributed by atoms with Crippen LogP contribution in [0.5, 0.6) is 5.75 Å². The number of amides is 1. The van der Waals surface area contributed by atoms with E-state index in [1.165, 1.54) is 0 Å². The molecule has 2 N–H and O–H groups in total. The molecule has 1 atom stereocenters. The molecule has 1 aliphatic rings. The van der Waals surface area contributed by atoms with Crippen molar-refractivity contribution in [1.29, 1.82) is 0 Å². The van der Waals surface area contributed by atoms with Crippen LogP contribution in [0.4, 0.5) is 11.4 Å². The van der Waals surface area contributed by atoms with Crippen LogP contribution in [0.25, 0.3) is 0 Å². The quantitative estimate of drug-likeness (QED) is 0.861. The van der Waals surface area contributed by atoms with E-state index in [2.05, 4.69) is 31.4 Å². The monoisotopic (exact) mass is 262 g/mol. The lowest BCUT2D eigenvalue weighted by Crippen LogP contribution is -2.29. The fourth-order valence-electron chi connectivity index (χ4n) is 2.37. The summed E-state index contributed by atoms with van der Waals surface area (Å²) >= 11 is 0. The molecule has 2 rings (SSSR count). The largest absolute Gasteiger partial charge is 0.497 e.